The maximum atomic E-state index is 13.2. The Hall–Kier alpha value is -1.12. The van der Waals surface area contributed by atoms with E-state index in [-0.39, 0.29) is 5.56 Å². The highest BCUT2D eigenvalue weighted by atomic mass is 35.7. The van der Waals surface area contributed by atoms with Crippen molar-refractivity contribution in [2.75, 3.05) is 0 Å². The fourth-order valence-electron chi connectivity index (χ4n) is 1.18. The third-order valence-corrected chi connectivity index (χ3v) is 3.26. The van der Waals surface area contributed by atoms with E-state index in [0.29, 0.717) is 12.0 Å². The van der Waals surface area contributed by atoms with Gasteiger partial charge in [-0.2, -0.15) is 5.26 Å². The lowest BCUT2D eigenvalue weighted by Crippen LogP contribution is -1.99. The summed E-state index contributed by atoms with van der Waals surface area (Å²) in [6.07, 6.45) is 0.433. The molecule has 0 saturated carbocycles. The molecule has 0 heterocycles. The largest absolute Gasteiger partial charge is 0.264 e. The van der Waals surface area contributed by atoms with Crippen LogP contribution in [0, 0.1) is 17.1 Å². The lowest BCUT2D eigenvalue weighted by molar-refractivity contribution is 0.574. The van der Waals surface area contributed by atoms with Crippen molar-refractivity contribution >= 4 is 19.7 Å². The van der Waals surface area contributed by atoms with Gasteiger partial charge in [-0.05, 0) is 24.1 Å². The fourth-order valence-corrected chi connectivity index (χ4v) is 2.11. The minimum Gasteiger partial charge on any atom is -0.207 e. The van der Waals surface area contributed by atoms with Crippen LogP contribution in [0.15, 0.2) is 17.0 Å². The first-order valence-electron chi connectivity index (χ1n) is 4.07. The SMILES string of the molecule is CCc1cc(S(=O)(=O)Cl)c(F)cc1C#N. The molecule has 0 spiro atoms. The molecule has 0 atom stereocenters. The third kappa shape index (κ3) is 2.46. The first kappa shape index (κ1) is 12.0. The summed E-state index contributed by atoms with van der Waals surface area (Å²) in [5.74, 6) is -1.00. The lowest BCUT2D eigenvalue weighted by Gasteiger charge is -2.04. The van der Waals surface area contributed by atoms with Crippen molar-refractivity contribution in [1.29, 1.82) is 5.26 Å². The number of rotatable bonds is 2. The van der Waals surface area contributed by atoms with Gasteiger partial charge in [-0.25, -0.2) is 12.8 Å². The molecule has 0 saturated heterocycles. The van der Waals surface area contributed by atoms with Crippen molar-refractivity contribution in [3.63, 3.8) is 0 Å². The van der Waals surface area contributed by atoms with Gasteiger partial charge in [0.05, 0.1) is 11.6 Å². The van der Waals surface area contributed by atoms with Crippen LogP contribution in [0.2, 0.25) is 0 Å². The molecule has 80 valence electrons. The molecule has 0 aliphatic carbocycles. The summed E-state index contributed by atoms with van der Waals surface area (Å²) in [7, 11) is 0.934. The molecular formula is C9H7ClFNO2S. The summed E-state index contributed by atoms with van der Waals surface area (Å²) >= 11 is 0. The summed E-state index contributed by atoms with van der Waals surface area (Å²) in [6, 6.07) is 3.76. The van der Waals surface area contributed by atoms with E-state index in [2.05, 4.69) is 0 Å². The maximum Gasteiger partial charge on any atom is 0.264 e. The van der Waals surface area contributed by atoms with Gasteiger partial charge in [-0.3, -0.25) is 0 Å². The van der Waals surface area contributed by atoms with Gasteiger partial charge < -0.3 is 0 Å². The van der Waals surface area contributed by atoms with E-state index in [0.717, 1.165) is 12.1 Å². The molecule has 15 heavy (non-hydrogen) atoms. The van der Waals surface area contributed by atoms with Gasteiger partial charge in [0.25, 0.3) is 9.05 Å². The van der Waals surface area contributed by atoms with Gasteiger partial charge in [0.15, 0.2) is 0 Å². The minimum absolute atomic E-state index is 0.124. The van der Waals surface area contributed by atoms with Crippen LogP contribution in [0.25, 0.3) is 0 Å². The van der Waals surface area contributed by atoms with Crippen LogP contribution in [-0.2, 0) is 15.5 Å². The zero-order chi connectivity index (χ0) is 11.6. The highest BCUT2D eigenvalue weighted by molar-refractivity contribution is 8.13. The Morgan fingerprint density at radius 3 is 2.53 bits per heavy atom. The summed E-state index contributed by atoms with van der Waals surface area (Å²) in [5.41, 5.74) is 0.581. The molecule has 0 fully saturated rings. The van der Waals surface area contributed by atoms with E-state index in [1.54, 1.807) is 13.0 Å². The highest BCUT2D eigenvalue weighted by Crippen LogP contribution is 2.23. The average molecular weight is 248 g/mol. The highest BCUT2D eigenvalue weighted by Gasteiger charge is 2.18. The van der Waals surface area contributed by atoms with Crippen molar-refractivity contribution in [1.82, 2.24) is 0 Å². The van der Waals surface area contributed by atoms with E-state index in [9.17, 15) is 12.8 Å². The molecule has 0 aliphatic rings. The Labute approximate surface area is 91.5 Å². The smallest absolute Gasteiger partial charge is 0.207 e. The second kappa shape index (κ2) is 4.17. The molecule has 1 aromatic carbocycles. The number of benzene rings is 1. The fraction of sp³-hybridized carbons (Fsp3) is 0.222. The normalized spacial score (nSPS) is 11.1. The van der Waals surface area contributed by atoms with Crippen molar-refractivity contribution < 1.29 is 12.8 Å². The molecule has 0 aliphatic heterocycles. The first-order chi connectivity index (χ1) is 6.90. The summed E-state index contributed by atoms with van der Waals surface area (Å²) in [5, 5.41) is 8.67. The van der Waals surface area contributed by atoms with Gasteiger partial charge >= 0.3 is 0 Å². The van der Waals surface area contributed by atoms with Crippen LogP contribution < -0.4 is 0 Å². The minimum atomic E-state index is -4.10. The molecule has 0 unspecified atom stereocenters. The zero-order valence-electron chi connectivity index (χ0n) is 7.79. The van der Waals surface area contributed by atoms with Crippen molar-refractivity contribution in [3.05, 3.63) is 29.1 Å². The van der Waals surface area contributed by atoms with E-state index in [1.165, 1.54) is 0 Å². The molecule has 6 heteroatoms. The van der Waals surface area contributed by atoms with Gasteiger partial charge in [0.1, 0.15) is 10.7 Å². The number of hydrogen-bond acceptors (Lipinski definition) is 3. The van der Waals surface area contributed by atoms with Crippen LogP contribution in [0.5, 0.6) is 0 Å². The molecule has 1 aromatic rings. The molecule has 0 aromatic heterocycles. The standard InChI is InChI=1S/C9H7ClFNO2S/c1-2-6-4-9(15(10,13)14)8(11)3-7(6)5-12/h3-4H,2H2,1H3. The first-order valence-corrected chi connectivity index (χ1v) is 6.38. The van der Waals surface area contributed by atoms with Gasteiger partial charge in [-0.15, -0.1) is 0 Å². The van der Waals surface area contributed by atoms with E-state index < -0.39 is 19.8 Å². The Kier molecular flexibility index (Phi) is 3.32. The van der Waals surface area contributed by atoms with Crippen LogP contribution in [-0.4, -0.2) is 8.42 Å². The second-order valence-electron chi connectivity index (χ2n) is 2.84. The summed E-state index contributed by atoms with van der Waals surface area (Å²) in [4.78, 5) is -0.583. The molecule has 0 radical (unpaired) electrons. The van der Waals surface area contributed by atoms with E-state index in [4.69, 9.17) is 15.9 Å². The topological polar surface area (TPSA) is 57.9 Å². The lowest BCUT2D eigenvalue weighted by atomic mass is 10.1. The molecule has 3 nitrogen and oxygen atoms in total. The average Bonchev–Trinajstić information content (AvgIpc) is 2.15. The molecular weight excluding hydrogens is 241 g/mol. The van der Waals surface area contributed by atoms with Crippen molar-refractivity contribution in [2.45, 2.75) is 18.2 Å². The second-order valence-corrected chi connectivity index (χ2v) is 5.38. The zero-order valence-corrected chi connectivity index (χ0v) is 9.36. The van der Waals surface area contributed by atoms with Gasteiger partial charge in [0, 0.05) is 10.7 Å². The van der Waals surface area contributed by atoms with Crippen LogP contribution in [0.1, 0.15) is 18.1 Å². The van der Waals surface area contributed by atoms with Gasteiger partial charge in [-0.1, -0.05) is 6.92 Å². The van der Waals surface area contributed by atoms with Crippen LogP contribution in [0.4, 0.5) is 4.39 Å². The molecule has 0 bridgehead atoms. The molecule has 0 N–H and O–H groups in total. The summed E-state index contributed by atoms with van der Waals surface area (Å²) < 4.78 is 35.2. The Bertz CT molecular complexity index is 534. The maximum absolute atomic E-state index is 13.2. The Morgan fingerprint density at radius 2 is 2.13 bits per heavy atom. The molecule has 0 amide bonds. The number of nitrogens with zero attached hydrogens (tertiary/aromatic N) is 1. The third-order valence-electron chi connectivity index (χ3n) is 1.92. The van der Waals surface area contributed by atoms with Crippen molar-refractivity contribution in [2.24, 2.45) is 0 Å². The van der Waals surface area contributed by atoms with Crippen molar-refractivity contribution in [3.8, 4) is 6.07 Å². The summed E-state index contributed by atoms with van der Waals surface area (Å²) in [6.45, 7) is 1.73. The number of nitriles is 1. The Morgan fingerprint density at radius 1 is 1.53 bits per heavy atom. The molecule has 1 rings (SSSR count). The van der Waals surface area contributed by atoms with Crippen LogP contribution in [0.3, 0.4) is 0 Å². The Balaban J connectivity index is 3.55. The predicted molar refractivity (Wildman–Crippen MR) is 53.5 cm³/mol. The van der Waals surface area contributed by atoms with Crippen LogP contribution >= 0.6 is 10.7 Å². The van der Waals surface area contributed by atoms with E-state index in [1.807, 2.05) is 0 Å². The quantitative estimate of drug-likeness (QED) is 0.753. The van der Waals surface area contributed by atoms with Gasteiger partial charge in [0.2, 0.25) is 0 Å². The number of halogens is 2. The number of aryl methyl sites for hydroxylation is 1. The predicted octanol–water partition coefficient (Wildman–Crippen LogP) is 2.19. The monoisotopic (exact) mass is 247 g/mol. The van der Waals surface area contributed by atoms with E-state index >= 15 is 0 Å². The number of hydrogen-bond donors (Lipinski definition) is 0.